The molecule has 0 radical (unpaired) electrons. The first-order valence-corrected chi connectivity index (χ1v) is 11.1. The van der Waals surface area contributed by atoms with E-state index >= 15 is 0 Å². The van der Waals surface area contributed by atoms with Crippen LogP contribution in [0.15, 0.2) is 43.5 Å². The number of nitrogens with one attached hydrogen (secondary N) is 1. The first-order chi connectivity index (χ1) is 15.5. The number of thioether (sulfide) groups is 1. The number of ether oxygens (including phenoxy) is 2. The van der Waals surface area contributed by atoms with Gasteiger partial charge < -0.3 is 24.8 Å². The van der Waals surface area contributed by atoms with E-state index in [1.54, 1.807) is 32.0 Å². The summed E-state index contributed by atoms with van der Waals surface area (Å²) in [5.74, 6) is -2.91. The Balaban J connectivity index is 2.01. The fourth-order valence-electron chi connectivity index (χ4n) is 4.10. The van der Waals surface area contributed by atoms with E-state index in [4.69, 9.17) is 9.47 Å². The van der Waals surface area contributed by atoms with Crippen LogP contribution in [0.5, 0.6) is 11.5 Å². The normalized spacial score (nSPS) is 24.8. The van der Waals surface area contributed by atoms with Gasteiger partial charge in [-0.1, -0.05) is 31.4 Å². The molecule has 0 aromatic heterocycles. The number of fused-ring (bicyclic) bond motifs is 1. The highest BCUT2D eigenvalue weighted by Gasteiger charge is 2.74. The van der Waals surface area contributed by atoms with Gasteiger partial charge in [0.25, 0.3) is 11.8 Å². The number of Topliss-reactive ketones (excluding diaryl/α,β-unsaturated/α-hetero) is 1. The third kappa shape index (κ3) is 3.88. The van der Waals surface area contributed by atoms with Crippen LogP contribution < -0.4 is 14.8 Å². The number of benzene rings is 1. The molecule has 3 rings (SSSR count). The molecule has 2 fully saturated rings. The van der Waals surface area contributed by atoms with E-state index in [0.717, 1.165) is 4.90 Å². The van der Waals surface area contributed by atoms with Crippen molar-refractivity contribution in [2.75, 3.05) is 13.2 Å². The zero-order valence-electron chi connectivity index (χ0n) is 18.6. The van der Waals surface area contributed by atoms with Crippen LogP contribution in [0.25, 0.3) is 0 Å². The van der Waals surface area contributed by atoms with Gasteiger partial charge in [0.2, 0.25) is 5.54 Å². The van der Waals surface area contributed by atoms with Crippen LogP contribution in [0.3, 0.4) is 0 Å². The average Bonchev–Trinajstić information content (AvgIpc) is 3.02. The Hall–Kier alpha value is -3.27. The second-order valence-corrected chi connectivity index (χ2v) is 9.91. The maximum Gasteiger partial charge on any atom is 0.327 e. The molecular weight excluding hydrogens is 448 g/mol. The van der Waals surface area contributed by atoms with Crippen molar-refractivity contribution in [3.05, 3.63) is 49.1 Å². The van der Waals surface area contributed by atoms with Crippen molar-refractivity contribution in [1.82, 2.24) is 10.2 Å². The molecule has 2 N–H and O–H groups in total. The topological polar surface area (TPSA) is 122 Å². The number of carboxylic acid groups (broad SMARTS) is 1. The first-order valence-electron chi connectivity index (χ1n) is 10.2. The number of amides is 2. The number of carbonyl (C=O) groups excluding carboxylic acids is 3. The lowest BCUT2D eigenvalue weighted by molar-refractivity contribution is -0.170. The zero-order valence-corrected chi connectivity index (χ0v) is 19.4. The molecule has 1 aromatic carbocycles. The number of hydrogen-bond donors (Lipinski definition) is 2. The Bertz CT molecular complexity index is 1010. The van der Waals surface area contributed by atoms with E-state index in [9.17, 15) is 24.3 Å². The Morgan fingerprint density at radius 1 is 1.18 bits per heavy atom. The smallest absolute Gasteiger partial charge is 0.327 e. The molecule has 2 saturated heterocycles. The predicted octanol–water partition coefficient (Wildman–Crippen LogP) is 2.02. The van der Waals surface area contributed by atoms with Crippen LogP contribution in [-0.4, -0.2) is 68.5 Å². The number of nitrogens with zero attached hydrogens (tertiary/aromatic N) is 1. The third-order valence-electron chi connectivity index (χ3n) is 5.58. The molecule has 3 atom stereocenters. The van der Waals surface area contributed by atoms with Gasteiger partial charge in [-0.05, 0) is 32.9 Å². The van der Waals surface area contributed by atoms with Crippen LogP contribution in [0, 0.1) is 0 Å². The predicted molar refractivity (Wildman–Crippen MR) is 122 cm³/mol. The van der Waals surface area contributed by atoms with Crippen LogP contribution in [0.2, 0.25) is 0 Å². The average molecular weight is 475 g/mol. The highest BCUT2D eigenvalue weighted by Crippen LogP contribution is 2.55. The number of ketones is 1. The highest BCUT2D eigenvalue weighted by atomic mass is 32.2. The summed E-state index contributed by atoms with van der Waals surface area (Å²) in [6.07, 6.45) is 3.01. The molecule has 2 amide bonds. The number of carboxylic acids is 1. The van der Waals surface area contributed by atoms with Gasteiger partial charge in [-0.25, -0.2) is 4.79 Å². The summed E-state index contributed by atoms with van der Waals surface area (Å²) in [4.78, 5) is 52.4. The standard InChI is InChI=1S/C23H26N2O7S/c1-6-11-31-14-9-8-10-15(32-12-7-2)16(14)18(27)24-23(13(3)26)20(30)25-17(19(28)29)22(4,5)33-21(23)25/h6-10,17,21H,1-2,11-12H2,3-5H3,(H,24,27)(H,28,29)/t17-,21+,23-/m0/s1. The summed E-state index contributed by atoms with van der Waals surface area (Å²) in [6, 6.07) is 3.63. The third-order valence-corrected chi connectivity index (χ3v) is 7.21. The first kappa shape index (κ1) is 24.4. The van der Waals surface area contributed by atoms with Crippen molar-refractivity contribution in [3.8, 4) is 11.5 Å². The van der Waals surface area contributed by atoms with E-state index in [2.05, 4.69) is 18.5 Å². The van der Waals surface area contributed by atoms with Gasteiger partial charge in [0.15, 0.2) is 5.78 Å². The van der Waals surface area contributed by atoms with Gasteiger partial charge in [-0.2, -0.15) is 0 Å². The molecule has 10 heteroatoms. The van der Waals surface area contributed by atoms with Gasteiger partial charge in [0.05, 0.1) is 0 Å². The van der Waals surface area contributed by atoms with Gasteiger partial charge in [0.1, 0.15) is 41.7 Å². The van der Waals surface area contributed by atoms with Gasteiger partial charge in [-0.3, -0.25) is 14.4 Å². The molecule has 1 aromatic rings. The van der Waals surface area contributed by atoms with E-state index in [1.807, 2.05) is 0 Å². The lowest BCUT2D eigenvalue weighted by Crippen LogP contribution is -2.82. The zero-order chi connectivity index (χ0) is 24.6. The summed E-state index contributed by atoms with van der Waals surface area (Å²) in [5.41, 5.74) is -1.89. The summed E-state index contributed by atoms with van der Waals surface area (Å²) in [6.45, 7) is 12.0. The number of hydrogen-bond acceptors (Lipinski definition) is 7. The Kier molecular flexibility index (Phi) is 6.60. The van der Waals surface area contributed by atoms with Crippen molar-refractivity contribution in [3.63, 3.8) is 0 Å². The lowest BCUT2D eigenvalue weighted by Gasteiger charge is -2.51. The molecule has 0 saturated carbocycles. The monoisotopic (exact) mass is 474 g/mol. The van der Waals surface area contributed by atoms with Crippen LogP contribution in [0.1, 0.15) is 31.1 Å². The fourth-order valence-corrected chi connectivity index (χ4v) is 5.85. The van der Waals surface area contributed by atoms with E-state index < -0.39 is 45.3 Å². The summed E-state index contributed by atoms with van der Waals surface area (Å²) < 4.78 is 10.3. The highest BCUT2D eigenvalue weighted by molar-refractivity contribution is 8.01. The Morgan fingerprint density at radius 3 is 2.18 bits per heavy atom. The summed E-state index contributed by atoms with van der Waals surface area (Å²) in [7, 11) is 0. The minimum absolute atomic E-state index is 0.00474. The number of carbonyl (C=O) groups is 4. The largest absolute Gasteiger partial charge is 0.489 e. The minimum atomic E-state index is -1.90. The maximum atomic E-state index is 13.5. The quantitative estimate of drug-likeness (QED) is 0.300. The van der Waals surface area contributed by atoms with Crippen molar-refractivity contribution < 1.29 is 33.8 Å². The second-order valence-electron chi connectivity index (χ2n) is 8.17. The Morgan fingerprint density at radius 2 is 1.73 bits per heavy atom. The van der Waals surface area contributed by atoms with Crippen molar-refractivity contribution in [2.45, 2.75) is 42.5 Å². The number of rotatable bonds is 10. The lowest BCUT2D eigenvalue weighted by atomic mass is 9.81. The Labute approximate surface area is 195 Å². The molecule has 0 spiro atoms. The molecule has 0 unspecified atom stereocenters. The van der Waals surface area contributed by atoms with E-state index in [1.165, 1.54) is 30.8 Å². The van der Waals surface area contributed by atoms with Crippen molar-refractivity contribution in [1.29, 1.82) is 0 Å². The van der Waals surface area contributed by atoms with Crippen LogP contribution in [0.4, 0.5) is 0 Å². The van der Waals surface area contributed by atoms with Gasteiger partial charge in [-0.15, -0.1) is 11.8 Å². The van der Waals surface area contributed by atoms with Crippen molar-refractivity contribution in [2.24, 2.45) is 0 Å². The fraction of sp³-hybridized carbons (Fsp3) is 0.391. The number of β-lactam (4-membered cyclic amide) rings is 1. The molecule has 0 aliphatic carbocycles. The van der Waals surface area contributed by atoms with E-state index in [0.29, 0.717) is 0 Å². The van der Waals surface area contributed by atoms with Crippen LogP contribution >= 0.6 is 11.8 Å². The van der Waals surface area contributed by atoms with Gasteiger partial charge in [0, 0.05) is 4.75 Å². The summed E-state index contributed by atoms with van der Waals surface area (Å²) in [5, 5.41) is 11.4. The molecule has 176 valence electrons. The van der Waals surface area contributed by atoms with Crippen LogP contribution in [-0.2, 0) is 14.4 Å². The molecule has 2 heterocycles. The molecule has 2 aliphatic heterocycles. The summed E-state index contributed by atoms with van der Waals surface area (Å²) >= 11 is 1.17. The molecule has 33 heavy (non-hydrogen) atoms. The second kappa shape index (κ2) is 8.93. The van der Waals surface area contributed by atoms with Gasteiger partial charge >= 0.3 is 5.97 Å². The minimum Gasteiger partial charge on any atom is -0.489 e. The molecular formula is C23H26N2O7S. The molecule has 9 nitrogen and oxygen atoms in total. The SMILES string of the molecule is C=CCOc1cccc(OCC=C)c1C(=O)N[C@@]1(C(C)=O)C(=O)N2[C@@H](C(=O)O)C(C)(C)S[C@@H]21. The molecule has 2 aliphatic rings. The van der Waals surface area contributed by atoms with E-state index in [-0.39, 0.29) is 30.3 Å². The maximum absolute atomic E-state index is 13.5. The number of aliphatic carboxylic acids is 1. The van der Waals surface area contributed by atoms with Crippen molar-refractivity contribution >= 4 is 35.3 Å². The molecule has 0 bridgehead atoms.